The van der Waals surface area contributed by atoms with Crippen LogP contribution in [0.4, 0.5) is 10.5 Å². The zero-order valence-corrected chi connectivity index (χ0v) is 10.8. The highest BCUT2D eigenvalue weighted by atomic mass is 16.2. The monoisotopic (exact) mass is 245 g/mol. The van der Waals surface area contributed by atoms with Crippen LogP contribution in [-0.4, -0.2) is 36.6 Å². The number of para-hydroxylation sites is 1. The predicted molar refractivity (Wildman–Crippen MR) is 73.6 cm³/mol. The van der Waals surface area contributed by atoms with Crippen LogP contribution in [0.5, 0.6) is 0 Å². The van der Waals surface area contributed by atoms with Crippen LogP contribution >= 0.6 is 0 Å². The summed E-state index contributed by atoms with van der Waals surface area (Å²) in [6.07, 6.45) is 4.29. The lowest BCUT2D eigenvalue weighted by atomic mass is 10.3. The Hall–Kier alpha value is -1.81. The van der Waals surface area contributed by atoms with Crippen molar-refractivity contribution in [2.45, 2.75) is 19.0 Å². The lowest BCUT2D eigenvalue weighted by Crippen LogP contribution is -2.42. The number of rotatable bonds is 3. The van der Waals surface area contributed by atoms with Crippen molar-refractivity contribution in [2.24, 2.45) is 0 Å². The zero-order chi connectivity index (χ0) is 13.0. The zero-order valence-electron chi connectivity index (χ0n) is 10.8. The molecule has 2 amide bonds. The number of hydrogen-bond acceptors (Lipinski definition) is 2. The van der Waals surface area contributed by atoms with Crippen LogP contribution in [0.2, 0.25) is 0 Å². The van der Waals surface area contributed by atoms with Gasteiger partial charge in [-0.3, -0.25) is 4.90 Å². The number of urea groups is 1. The van der Waals surface area contributed by atoms with Gasteiger partial charge in [0, 0.05) is 24.3 Å². The first-order valence-electron chi connectivity index (χ1n) is 6.17. The van der Waals surface area contributed by atoms with E-state index in [2.05, 4.69) is 41.7 Å². The summed E-state index contributed by atoms with van der Waals surface area (Å²) in [5.74, 6) is 0. The van der Waals surface area contributed by atoms with Gasteiger partial charge in [0.2, 0.25) is 0 Å². The Bertz CT molecular complexity index is 430. The van der Waals surface area contributed by atoms with Crippen LogP contribution in [0.3, 0.4) is 0 Å². The molecule has 1 aromatic rings. The highest BCUT2D eigenvalue weighted by molar-refractivity contribution is 5.89. The molecule has 0 aromatic heterocycles. The van der Waals surface area contributed by atoms with E-state index in [0.29, 0.717) is 12.6 Å². The van der Waals surface area contributed by atoms with Crippen molar-refractivity contribution >= 4 is 11.7 Å². The second-order valence-corrected chi connectivity index (χ2v) is 4.56. The average molecular weight is 245 g/mol. The SMILES string of the molecule is CC1C=CC(CNC(=O)Nc2ccccc2)N1C. The van der Waals surface area contributed by atoms with E-state index in [9.17, 15) is 4.79 Å². The molecule has 96 valence electrons. The second-order valence-electron chi connectivity index (χ2n) is 4.56. The van der Waals surface area contributed by atoms with Gasteiger partial charge in [-0.2, -0.15) is 0 Å². The van der Waals surface area contributed by atoms with E-state index in [0.717, 1.165) is 5.69 Å². The molecule has 2 unspecified atom stereocenters. The molecule has 0 saturated heterocycles. The van der Waals surface area contributed by atoms with Crippen molar-refractivity contribution in [1.29, 1.82) is 0 Å². The largest absolute Gasteiger partial charge is 0.336 e. The van der Waals surface area contributed by atoms with Crippen LogP contribution in [0, 0.1) is 0 Å². The van der Waals surface area contributed by atoms with E-state index in [1.807, 2.05) is 30.3 Å². The third-order valence-corrected chi connectivity index (χ3v) is 3.28. The maximum atomic E-state index is 11.7. The quantitative estimate of drug-likeness (QED) is 0.801. The molecule has 4 heteroatoms. The van der Waals surface area contributed by atoms with Gasteiger partial charge >= 0.3 is 6.03 Å². The number of carbonyl (C=O) groups is 1. The number of amides is 2. The lowest BCUT2D eigenvalue weighted by molar-refractivity contribution is 0.240. The summed E-state index contributed by atoms with van der Waals surface area (Å²) in [5.41, 5.74) is 0.804. The molecule has 0 aliphatic carbocycles. The number of benzene rings is 1. The molecule has 0 fully saturated rings. The minimum atomic E-state index is -0.164. The van der Waals surface area contributed by atoms with Crippen molar-refractivity contribution < 1.29 is 4.79 Å². The smallest absolute Gasteiger partial charge is 0.319 e. The number of anilines is 1. The molecule has 0 saturated carbocycles. The Labute approximate surface area is 108 Å². The van der Waals surface area contributed by atoms with Gasteiger partial charge in [-0.25, -0.2) is 4.79 Å². The molecule has 2 atom stereocenters. The molecule has 0 bridgehead atoms. The van der Waals surface area contributed by atoms with Gasteiger partial charge in [-0.15, -0.1) is 0 Å². The summed E-state index contributed by atoms with van der Waals surface area (Å²) in [5, 5.41) is 5.68. The fraction of sp³-hybridized carbons (Fsp3) is 0.357. The molecule has 18 heavy (non-hydrogen) atoms. The third-order valence-electron chi connectivity index (χ3n) is 3.28. The van der Waals surface area contributed by atoms with Crippen LogP contribution in [0.1, 0.15) is 6.92 Å². The first-order chi connectivity index (χ1) is 8.66. The standard InChI is InChI=1S/C14H19N3O/c1-11-8-9-13(17(11)2)10-15-14(18)16-12-6-4-3-5-7-12/h3-9,11,13H,10H2,1-2H3,(H2,15,16,18). The number of likely N-dealkylation sites (N-methyl/N-ethyl adjacent to an activating group) is 1. The van der Waals surface area contributed by atoms with Crippen LogP contribution in [0.15, 0.2) is 42.5 Å². The molecule has 2 N–H and O–H groups in total. The molecular weight excluding hydrogens is 226 g/mol. The van der Waals surface area contributed by atoms with Crippen LogP contribution in [0.25, 0.3) is 0 Å². The van der Waals surface area contributed by atoms with Crippen molar-refractivity contribution in [2.75, 3.05) is 18.9 Å². The first kappa shape index (κ1) is 12.6. The highest BCUT2D eigenvalue weighted by Crippen LogP contribution is 2.12. The van der Waals surface area contributed by atoms with Crippen molar-refractivity contribution in [3.8, 4) is 0 Å². The fourth-order valence-corrected chi connectivity index (χ4v) is 1.97. The third kappa shape index (κ3) is 3.11. The van der Waals surface area contributed by atoms with Gasteiger partial charge in [0.25, 0.3) is 0 Å². The first-order valence-corrected chi connectivity index (χ1v) is 6.17. The normalized spacial score (nSPS) is 23.0. The summed E-state index contributed by atoms with van der Waals surface area (Å²) >= 11 is 0. The van der Waals surface area contributed by atoms with E-state index < -0.39 is 0 Å². The topological polar surface area (TPSA) is 44.4 Å². The van der Waals surface area contributed by atoms with Gasteiger partial charge < -0.3 is 10.6 Å². The minimum Gasteiger partial charge on any atom is -0.336 e. The Balaban J connectivity index is 1.77. The summed E-state index contributed by atoms with van der Waals surface area (Å²) in [6, 6.07) is 9.99. The minimum absolute atomic E-state index is 0.164. The molecule has 4 nitrogen and oxygen atoms in total. The van der Waals surface area contributed by atoms with Crippen molar-refractivity contribution in [1.82, 2.24) is 10.2 Å². The number of nitrogens with zero attached hydrogens (tertiary/aromatic N) is 1. The molecule has 1 aliphatic heterocycles. The van der Waals surface area contributed by atoms with E-state index in [-0.39, 0.29) is 12.1 Å². The van der Waals surface area contributed by atoms with Crippen molar-refractivity contribution in [3.63, 3.8) is 0 Å². The molecule has 0 spiro atoms. The molecule has 0 radical (unpaired) electrons. The Morgan fingerprint density at radius 1 is 1.28 bits per heavy atom. The number of nitrogens with one attached hydrogen (secondary N) is 2. The van der Waals surface area contributed by atoms with Gasteiger partial charge in [-0.1, -0.05) is 30.4 Å². The fourth-order valence-electron chi connectivity index (χ4n) is 1.97. The molecule has 2 rings (SSSR count). The Morgan fingerprint density at radius 3 is 2.61 bits per heavy atom. The van der Waals surface area contributed by atoms with Crippen molar-refractivity contribution in [3.05, 3.63) is 42.5 Å². The van der Waals surface area contributed by atoms with Gasteiger partial charge in [0.15, 0.2) is 0 Å². The van der Waals surface area contributed by atoms with Gasteiger partial charge in [-0.05, 0) is 26.1 Å². The van der Waals surface area contributed by atoms with Crippen LogP contribution in [-0.2, 0) is 0 Å². The number of carbonyl (C=O) groups excluding carboxylic acids is 1. The summed E-state index contributed by atoms with van der Waals surface area (Å²) in [6.45, 7) is 2.76. The molecule has 1 heterocycles. The molecule has 1 aliphatic rings. The summed E-state index contributed by atoms with van der Waals surface area (Å²) < 4.78 is 0. The maximum absolute atomic E-state index is 11.7. The van der Waals surface area contributed by atoms with E-state index in [1.54, 1.807) is 0 Å². The van der Waals surface area contributed by atoms with Gasteiger partial charge in [0.1, 0.15) is 0 Å². The average Bonchev–Trinajstić information content (AvgIpc) is 2.69. The Morgan fingerprint density at radius 2 is 2.00 bits per heavy atom. The van der Waals surface area contributed by atoms with E-state index in [1.165, 1.54) is 0 Å². The Kier molecular flexibility index (Phi) is 3.99. The second kappa shape index (κ2) is 5.69. The van der Waals surface area contributed by atoms with Gasteiger partial charge in [0.05, 0.1) is 0 Å². The summed E-state index contributed by atoms with van der Waals surface area (Å²) in [7, 11) is 2.06. The molecule has 1 aromatic carbocycles. The summed E-state index contributed by atoms with van der Waals surface area (Å²) in [4.78, 5) is 13.9. The maximum Gasteiger partial charge on any atom is 0.319 e. The van der Waals surface area contributed by atoms with Crippen LogP contribution < -0.4 is 10.6 Å². The highest BCUT2D eigenvalue weighted by Gasteiger charge is 2.21. The van der Waals surface area contributed by atoms with E-state index >= 15 is 0 Å². The predicted octanol–water partition coefficient (Wildman–Crippen LogP) is 2.07. The molecular formula is C14H19N3O. The number of hydrogen-bond donors (Lipinski definition) is 2. The van der Waals surface area contributed by atoms with E-state index in [4.69, 9.17) is 0 Å². The lowest BCUT2D eigenvalue weighted by Gasteiger charge is -2.23.